The summed E-state index contributed by atoms with van der Waals surface area (Å²) in [5, 5.41) is 0. The Labute approximate surface area is 169 Å². The van der Waals surface area contributed by atoms with Crippen LogP contribution in [0.25, 0.3) is 0 Å². The van der Waals surface area contributed by atoms with E-state index in [0.29, 0.717) is 17.9 Å². The molecule has 3 fully saturated rings. The van der Waals surface area contributed by atoms with Crippen LogP contribution in [0, 0.1) is 5.92 Å². The largest absolute Gasteiger partial charge is 0.381 e. The predicted octanol–water partition coefficient (Wildman–Crippen LogP) is 2.61. The van der Waals surface area contributed by atoms with Crippen molar-refractivity contribution in [2.24, 2.45) is 11.7 Å². The third-order valence-electron chi connectivity index (χ3n) is 6.94. The maximum Gasteiger partial charge on any atom is 0.226 e. The topological polar surface area (TPSA) is 58.8 Å². The summed E-state index contributed by atoms with van der Waals surface area (Å²) in [6, 6.07) is 11.5. The van der Waals surface area contributed by atoms with Crippen LogP contribution < -0.4 is 5.73 Å². The highest BCUT2D eigenvalue weighted by molar-refractivity contribution is 5.79. The van der Waals surface area contributed by atoms with Crippen LogP contribution in [0.2, 0.25) is 0 Å². The first-order valence-electron chi connectivity index (χ1n) is 11.1. The lowest BCUT2D eigenvalue weighted by Gasteiger charge is -2.38. The van der Waals surface area contributed by atoms with Gasteiger partial charge in [0.15, 0.2) is 0 Å². The van der Waals surface area contributed by atoms with Gasteiger partial charge in [-0.15, -0.1) is 0 Å². The van der Waals surface area contributed by atoms with Crippen molar-refractivity contribution in [2.45, 2.75) is 56.5 Å². The molecule has 3 saturated heterocycles. The van der Waals surface area contributed by atoms with Crippen molar-refractivity contribution >= 4 is 5.91 Å². The highest BCUT2D eigenvalue weighted by Gasteiger charge is 2.34. The zero-order chi connectivity index (χ0) is 19.3. The summed E-state index contributed by atoms with van der Waals surface area (Å²) in [6.07, 6.45) is 6.17. The number of piperidine rings is 1. The fraction of sp³-hybridized carbons (Fsp3) is 0.696. The Morgan fingerprint density at radius 1 is 0.929 bits per heavy atom. The van der Waals surface area contributed by atoms with E-state index in [4.69, 9.17) is 10.5 Å². The Morgan fingerprint density at radius 2 is 1.64 bits per heavy atom. The van der Waals surface area contributed by atoms with Gasteiger partial charge in [0.1, 0.15) is 0 Å². The van der Waals surface area contributed by atoms with Gasteiger partial charge < -0.3 is 15.4 Å². The maximum absolute atomic E-state index is 13.3. The lowest BCUT2D eigenvalue weighted by atomic mass is 9.88. The van der Waals surface area contributed by atoms with Crippen LogP contribution in [0.1, 0.15) is 50.0 Å². The van der Waals surface area contributed by atoms with E-state index in [0.717, 1.165) is 77.9 Å². The second-order valence-corrected chi connectivity index (χ2v) is 8.84. The molecule has 3 heterocycles. The summed E-state index contributed by atoms with van der Waals surface area (Å²) in [5.74, 6) is 1.05. The van der Waals surface area contributed by atoms with E-state index < -0.39 is 0 Å². The van der Waals surface area contributed by atoms with Crippen molar-refractivity contribution < 1.29 is 9.53 Å². The Bertz CT molecular complexity index is 624. The van der Waals surface area contributed by atoms with Gasteiger partial charge in [-0.25, -0.2) is 0 Å². The van der Waals surface area contributed by atoms with Crippen molar-refractivity contribution in [1.29, 1.82) is 0 Å². The third-order valence-corrected chi connectivity index (χ3v) is 6.94. The number of carbonyl (C=O) groups is 1. The second-order valence-electron chi connectivity index (χ2n) is 8.84. The number of amides is 1. The molecule has 2 atom stereocenters. The smallest absolute Gasteiger partial charge is 0.226 e. The highest BCUT2D eigenvalue weighted by atomic mass is 16.5. The summed E-state index contributed by atoms with van der Waals surface area (Å²) in [4.78, 5) is 17.9. The van der Waals surface area contributed by atoms with Gasteiger partial charge in [-0.3, -0.25) is 9.69 Å². The van der Waals surface area contributed by atoms with Gasteiger partial charge >= 0.3 is 0 Å². The van der Waals surface area contributed by atoms with Crippen LogP contribution in [0.5, 0.6) is 0 Å². The molecular weight excluding hydrogens is 350 g/mol. The molecule has 1 amide bonds. The molecule has 0 spiro atoms. The molecule has 2 N–H and O–H groups in total. The normalized spacial score (nSPS) is 28.8. The monoisotopic (exact) mass is 385 g/mol. The predicted molar refractivity (Wildman–Crippen MR) is 111 cm³/mol. The summed E-state index contributed by atoms with van der Waals surface area (Å²) in [5.41, 5.74) is 7.77. The number of hydrogen-bond donors (Lipinski definition) is 1. The second kappa shape index (κ2) is 9.38. The molecule has 0 unspecified atom stereocenters. The Kier molecular flexibility index (Phi) is 6.65. The van der Waals surface area contributed by atoms with Crippen LogP contribution in [-0.4, -0.2) is 67.2 Å². The number of benzene rings is 1. The minimum absolute atomic E-state index is 0.102. The van der Waals surface area contributed by atoms with Crippen molar-refractivity contribution in [1.82, 2.24) is 9.80 Å². The molecule has 0 bridgehead atoms. The molecule has 0 radical (unpaired) electrons. The third kappa shape index (κ3) is 4.76. The minimum Gasteiger partial charge on any atom is -0.381 e. The standard InChI is InChI=1S/C23H35N3O2/c24-21-7-6-20(16-26(17-21)22-10-14-28-15-11-22)23(27)25-12-8-19(9-13-25)18-4-2-1-3-5-18/h1-5,19-22H,6-17,24H2/t20-,21+/m1/s1. The van der Waals surface area contributed by atoms with E-state index in [-0.39, 0.29) is 12.0 Å². The number of nitrogens with two attached hydrogens (primary N) is 1. The summed E-state index contributed by atoms with van der Waals surface area (Å²) >= 11 is 0. The van der Waals surface area contributed by atoms with Crippen molar-refractivity contribution in [3.63, 3.8) is 0 Å². The summed E-state index contributed by atoms with van der Waals surface area (Å²) in [6.45, 7) is 5.24. The van der Waals surface area contributed by atoms with Crippen LogP contribution in [0.4, 0.5) is 0 Å². The molecule has 0 aromatic heterocycles. The van der Waals surface area contributed by atoms with Gasteiger partial charge in [-0.1, -0.05) is 30.3 Å². The molecule has 154 valence electrons. The lowest BCUT2D eigenvalue weighted by molar-refractivity contribution is -0.137. The fourth-order valence-corrected chi connectivity index (χ4v) is 5.22. The van der Waals surface area contributed by atoms with Crippen LogP contribution >= 0.6 is 0 Å². The van der Waals surface area contributed by atoms with E-state index in [9.17, 15) is 4.79 Å². The van der Waals surface area contributed by atoms with Crippen LogP contribution in [-0.2, 0) is 9.53 Å². The van der Waals surface area contributed by atoms with Crippen LogP contribution in [0.3, 0.4) is 0 Å². The molecule has 1 aromatic rings. The van der Waals surface area contributed by atoms with Crippen molar-refractivity contribution in [3.05, 3.63) is 35.9 Å². The Hall–Kier alpha value is -1.43. The molecular formula is C23H35N3O2. The first-order chi connectivity index (χ1) is 13.7. The van der Waals surface area contributed by atoms with Gasteiger partial charge in [0, 0.05) is 51.5 Å². The maximum atomic E-state index is 13.3. The highest BCUT2D eigenvalue weighted by Crippen LogP contribution is 2.30. The molecule has 1 aromatic carbocycles. The molecule has 28 heavy (non-hydrogen) atoms. The molecule has 4 rings (SSSR count). The Morgan fingerprint density at radius 3 is 2.36 bits per heavy atom. The average molecular weight is 386 g/mol. The number of nitrogens with zero attached hydrogens (tertiary/aromatic N) is 2. The summed E-state index contributed by atoms with van der Waals surface area (Å²) < 4.78 is 5.53. The first kappa shape index (κ1) is 19.9. The van der Waals surface area contributed by atoms with Gasteiger partial charge in [0.25, 0.3) is 0 Å². The van der Waals surface area contributed by atoms with E-state index in [1.54, 1.807) is 0 Å². The van der Waals surface area contributed by atoms with Gasteiger partial charge in [-0.05, 0) is 50.0 Å². The first-order valence-corrected chi connectivity index (χ1v) is 11.1. The number of rotatable bonds is 3. The Balaban J connectivity index is 1.35. The van der Waals surface area contributed by atoms with Crippen LogP contribution in [0.15, 0.2) is 30.3 Å². The van der Waals surface area contributed by atoms with E-state index >= 15 is 0 Å². The molecule has 5 nitrogen and oxygen atoms in total. The zero-order valence-electron chi connectivity index (χ0n) is 17.0. The molecule has 0 aliphatic carbocycles. The molecule has 0 saturated carbocycles. The quantitative estimate of drug-likeness (QED) is 0.869. The van der Waals surface area contributed by atoms with Gasteiger partial charge in [-0.2, -0.15) is 0 Å². The van der Waals surface area contributed by atoms with E-state index in [1.165, 1.54) is 5.56 Å². The number of carbonyl (C=O) groups excluding carboxylic acids is 1. The fourth-order valence-electron chi connectivity index (χ4n) is 5.22. The lowest BCUT2D eigenvalue weighted by Crippen LogP contribution is -2.48. The number of likely N-dealkylation sites (tertiary alicyclic amines) is 2. The van der Waals surface area contributed by atoms with Crippen molar-refractivity contribution in [2.75, 3.05) is 39.4 Å². The molecule has 5 heteroatoms. The number of hydrogen-bond acceptors (Lipinski definition) is 4. The molecule has 3 aliphatic rings. The van der Waals surface area contributed by atoms with Gasteiger partial charge in [0.2, 0.25) is 5.91 Å². The average Bonchev–Trinajstić information content (AvgIpc) is 2.96. The van der Waals surface area contributed by atoms with Crippen molar-refractivity contribution in [3.8, 4) is 0 Å². The molecule has 3 aliphatic heterocycles. The zero-order valence-corrected chi connectivity index (χ0v) is 17.0. The van der Waals surface area contributed by atoms with E-state index in [1.807, 2.05) is 0 Å². The summed E-state index contributed by atoms with van der Waals surface area (Å²) in [7, 11) is 0. The van der Waals surface area contributed by atoms with E-state index in [2.05, 4.69) is 40.1 Å². The SMILES string of the molecule is N[C@H]1CC[C@@H](C(=O)N2CCC(c3ccccc3)CC2)CN(C2CCOCC2)C1. The minimum atomic E-state index is 0.102. The number of ether oxygens (including phenoxy) is 1. The van der Waals surface area contributed by atoms with Gasteiger partial charge in [0.05, 0.1) is 5.92 Å².